The van der Waals surface area contributed by atoms with Gasteiger partial charge in [-0.05, 0) is 17.9 Å². The normalized spacial score (nSPS) is 19.7. The van der Waals surface area contributed by atoms with Crippen molar-refractivity contribution in [2.75, 3.05) is 26.8 Å². The number of hydrogen-bond acceptors (Lipinski definition) is 5. The molecule has 98 valence electrons. The summed E-state index contributed by atoms with van der Waals surface area (Å²) in [5, 5.41) is 3.77. The molecule has 0 spiro atoms. The van der Waals surface area contributed by atoms with Gasteiger partial charge >= 0.3 is 5.97 Å². The Hall–Kier alpha value is -1.40. The van der Waals surface area contributed by atoms with Gasteiger partial charge in [-0.3, -0.25) is 4.79 Å². The maximum atomic E-state index is 12.3. The smallest absolute Gasteiger partial charge is 0.336 e. The molecule has 0 aromatic carbocycles. The Balaban J connectivity index is 2.07. The molecule has 6 heteroatoms. The molecule has 1 fully saturated rings. The zero-order chi connectivity index (χ0) is 13.1. The van der Waals surface area contributed by atoms with Gasteiger partial charge in [-0.15, -0.1) is 0 Å². The van der Waals surface area contributed by atoms with Gasteiger partial charge in [0, 0.05) is 11.9 Å². The van der Waals surface area contributed by atoms with E-state index in [1.165, 1.54) is 18.4 Å². The molecule has 1 aliphatic rings. The highest BCUT2D eigenvalue weighted by Gasteiger charge is 2.30. The molecular formula is C12H15NO4S. The molecule has 1 aliphatic heterocycles. The van der Waals surface area contributed by atoms with Crippen LogP contribution in [0.15, 0.2) is 10.8 Å². The van der Waals surface area contributed by atoms with Gasteiger partial charge in [0.15, 0.2) is 6.10 Å². The van der Waals surface area contributed by atoms with Crippen LogP contribution in [0.1, 0.15) is 15.9 Å². The summed E-state index contributed by atoms with van der Waals surface area (Å²) in [5.74, 6) is -0.486. The average Bonchev–Trinajstić information content (AvgIpc) is 2.83. The number of rotatable bonds is 2. The van der Waals surface area contributed by atoms with Crippen molar-refractivity contribution in [3.05, 3.63) is 21.9 Å². The molecule has 0 bridgehead atoms. The molecule has 2 heterocycles. The minimum atomic E-state index is -0.674. The summed E-state index contributed by atoms with van der Waals surface area (Å²) in [6, 6.07) is 0. The molecule has 2 rings (SSSR count). The van der Waals surface area contributed by atoms with Crippen LogP contribution in [-0.2, 0) is 14.3 Å². The first-order valence-corrected chi connectivity index (χ1v) is 6.59. The molecule has 18 heavy (non-hydrogen) atoms. The third kappa shape index (κ3) is 2.54. The predicted molar refractivity (Wildman–Crippen MR) is 66.7 cm³/mol. The highest BCUT2D eigenvalue weighted by molar-refractivity contribution is 7.08. The molecule has 1 aromatic heterocycles. The van der Waals surface area contributed by atoms with Gasteiger partial charge < -0.3 is 14.4 Å². The Morgan fingerprint density at radius 2 is 2.28 bits per heavy atom. The van der Waals surface area contributed by atoms with Crippen LogP contribution >= 0.6 is 11.3 Å². The maximum absolute atomic E-state index is 12.3. The average molecular weight is 269 g/mol. The van der Waals surface area contributed by atoms with Gasteiger partial charge in [0.2, 0.25) is 0 Å². The number of carbonyl (C=O) groups is 2. The van der Waals surface area contributed by atoms with Crippen LogP contribution in [0.3, 0.4) is 0 Å². The zero-order valence-electron chi connectivity index (χ0n) is 10.3. The second kappa shape index (κ2) is 5.49. The van der Waals surface area contributed by atoms with Gasteiger partial charge in [-0.25, -0.2) is 4.79 Å². The van der Waals surface area contributed by atoms with Gasteiger partial charge in [-0.2, -0.15) is 11.3 Å². The van der Waals surface area contributed by atoms with Gasteiger partial charge in [0.05, 0.1) is 25.8 Å². The number of ether oxygens (including phenoxy) is 2. The highest BCUT2D eigenvalue weighted by Crippen LogP contribution is 2.18. The quantitative estimate of drug-likeness (QED) is 0.754. The van der Waals surface area contributed by atoms with Crippen LogP contribution in [-0.4, -0.2) is 49.7 Å². The Bertz CT molecular complexity index is 457. The van der Waals surface area contributed by atoms with E-state index in [4.69, 9.17) is 4.74 Å². The minimum Gasteiger partial charge on any atom is -0.467 e. The standard InChI is InChI=1S/C12H15NO4S/c1-8-6-18-7-9(8)11(14)13-3-4-17-10(5-13)12(15)16-2/h6-7,10H,3-5H2,1-2H3. The molecule has 1 aromatic rings. The van der Waals surface area contributed by atoms with E-state index in [1.807, 2.05) is 17.7 Å². The van der Waals surface area contributed by atoms with Crippen molar-refractivity contribution in [3.8, 4) is 0 Å². The molecule has 0 aliphatic carbocycles. The fourth-order valence-corrected chi connectivity index (χ4v) is 2.68. The Kier molecular flexibility index (Phi) is 3.98. The number of nitrogens with zero attached hydrogens (tertiary/aromatic N) is 1. The Morgan fingerprint density at radius 3 is 2.89 bits per heavy atom. The number of hydrogen-bond donors (Lipinski definition) is 0. The third-order valence-electron chi connectivity index (χ3n) is 2.90. The summed E-state index contributed by atoms with van der Waals surface area (Å²) in [5.41, 5.74) is 1.66. The van der Waals surface area contributed by atoms with E-state index in [1.54, 1.807) is 4.90 Å². The molecule has 5 nitrogen and oxygen atoms in total. The van der Waals surface area contributed by atoms with E-state index in [0.29, 0.717) is 18.7 Å². The summed E-state index contributed by atoms with van der Waals surface area (Å²) in [7, 11) is 1.31. The maximum Gasteiger partial charge on any atom is 0.336 e. The van der Waals surface area contributed by atoms with E-state index in [2.05, 4.69) is 4.74 Å². The minimum absolute atomic E-state index is 0.0500. The number of carbonyl (C=O) groups excluding carboxylic acids is 2. The second-order valence-corrected chi connectivity index (χ2v) is 4.85. The van der Waals surface area contributed by atoms with Gasteiger partial charge in [-0.1, -0.05) is 0 Å². The lowest BCUT2D eigenvalue weighted by atomic mass is 10.1. The van der Waals surface area contributed by atoms with E-state index >= 15 is 0 Å². The monoisotopic (exact) mass is 269 g/mol. The Morgan fingerprint density at radius 1 is 1.50 bits per heavy atom. The molecule has 0 radical (unpaired) electrons. The zero-order valence-corrected chi connectivity index (χ0v) is 11.2. The fraction of sp³-hybridized carbons (Fsp3) is 0.500. The van der Waals surface area contributed by atoms with Crippen LogP contribution in [0, 0.1) is 6.92 Å². The molecule has 1 unspecified atom stereocenters. The third-order valence-corrected chi connectivity index (χ3v) is 3.77. The first-order valence-electron chi connectivity index (χ1n) is 5.65. The van der Waals surface area contributed by atoms with Crippen LogP contribution in [0.5, 0.6) is 0 Å². The lowest BCUT2D eigenvalue weighted by Crippen LogP contribution is -2.48. The molecular weight excluding hydrogens is 254 g/mol. The fourth-order valence-electron chi connectivity index (χ4n) is 1.86. The number of esters is 1. The summed E-state index contributed by atoms with van der Waals surface area (Å²) in [4.78, 5) is 25.3. The van der Waals surface area contributed by atoms with Crippen LogP contribution in [0.2, 0.25) is 0 Å². The van der Waals surface area contributed by atoms with Crippen molar-refractivity contribution < 1.29 is 19.1 Å². The van der Waals surface area contributed by atoms with Crippen LogP contribution < -0.4 is 0 Å². The Labute approximate surface area is 109 Å². The molecule has 0 N–H and O–H groups in total. The summed E-state index contributed by atoms with van der Waals surface area (Å²) in [6.07, 6.45) is -0.674. The summed E-state index contributed by atoms with van der Waals surface area (Å²) in [6.45, 7) is 3.01. The van der Waals surface area contributed by atoms with Crippen molar-refractivity contribution in [2.45, 2.75) is 13.0 Å². The van der Waals surface area contributed by atoms with Crippen molar-refractivity contribution in [2.24, 2.45) is 0 Å². The highest BCUT2D eigenvalue weighted by atomic mass is 32.1. The van der Waals surface area contributed by atoms with E-state index in [0.717, 1.165) is 5.56 Å². The number of aryl methyl sites for hydroxylation is 1. The number of thiophene rings is 1. The van der Waals surface area contributed by atoms with E-state index < -0.39 is 12.1 Å². The van der Waals surface area contributed by atoms with Gasteiger partial charge in [0.1, 0.15) is 0 Å². The van der Waals surface area contributed by atoms with Crippen molar-refractivity contribution >= 4 is 23.2 Å². The number of amides is 1. The first-order chi connectivity index (χ1) is 8.63. The van der Waals surface area contributed by atoms with Crippen molar-refractivity contribution in [1.82, 2.24) is 4.90 Å². The van der Waals surface area contributed by atoms with Crippen molar-refractivity contribution in [3.63, 3.8) is 0 Å². The van der Waals surface area contributed by atoms with Gasteiger partial charge in [0.25, 0.3) is 5.91 Å². The molecule has 1 saturated heterocycles. The molecule has 1 atom stereocenters. The predicted octanol–water partition coefficient (Wildman–Crippen LogP) is 1.07. The molecule has 1 amide bonds. The lowest BCUT2D eigenvalue weighted by Gasteiger charge is -2.31. The number of morpholine rings is 1. The summed E-state index contributed by atoms with van der Waals surface area (Å²) < 4.78 is 9.93. The lowest BCUT2D eigenvalue weighted by molar-refractivity contribution is -0.158. The van der Waals surface area contributed by atoms with E-state index in [9.17, 15) is 9.59 Å². The largest absolute Gasteiger partial charge is 0.467 e. The SMILES string of the molecule is COC(=O)C1CN(C(=O)c2cscc2C)CCO1. The van der Waals surface area contributed by atoms with E-state index in [-0.39, 0.29) is 12.5 Å². The van der Waals surface area contributed by atoms with Crippen LogP contribution in [0.4, 0.5) is 0 Å². The van der Waals surface area contributed by atoms with Crippen molar-refractivity contribution in [1.29, 1.82) is 0 Å². The second-order valence-electron chi connectivity index (χ2n) is 4.10. The molecule has 0 saturated carbocycles. The topological polar surface area (TPSA) is 55.8 Å². The number of methoxy groups -OCH3 is 1. The summed E-state index contributed by atoms with van der Waals surface area (Å²) >= 11 is 1.50. The van der Waals surface area contributed by atoms with Crippen LogP contribution in [0.25, 0.3) is 0 Å². The first kappa shape index (κ1) is 13.0.